The Labute approximate surface area is 107 Å². The van der Waals surface area contributed by atoms with Crippen LogP contribution in [0.2, 0.25) is 0 Å². The zero-order valence-corrected chi connectivity index (χ0v) is 11.0. The Morgan fingerprint density at radius 1 is 1.28 bits per heavy atom. The Morgan fingerprint density at radius 2 is 2.11 bits per heavy atom. The van der Waals surface area contributed by atoms with Crippen LogP contribution in [0, 0.1) is 0 Å². The minimum atomic E-state index is -0.0934. The van der Waals surface area contributed by atoms with Gasteiger partial charge >= 0.3 is 0 Å². The van der Waals surface area contributed by atoms with E-state index in [1.807, 2.05) is 12.1 Å². The second-order valence-corrected chi connectivity index (χ2v) is 5.63. The Bertz CT molecular complexity index is 581. The zero-order chi connectivity index (χ0) is 12.8. The molecule has 0 bridgehead atoms. The lowest BCUT2D eigenvalue weighted by Gasteiger charge is -2.24. The standard InChI is InChI=1S/C15H19N3/c1-15(2,10-5-3-6-11(16)9-10)14-12-7-4-8-13(12)17-18-14/h3,5-6,9H,4,7-8,16H2,1-2H3,(H,17,18). The van der Waals surface area contributed by atoms with Gasteiger partial charge in [-0.3, -0.25) is 5.10 Å². The first-order valence-corrected chi connectivity index (χ1v) is 6.51. The van der Waals surface area contributed by atoms with E-state index in [1.54, 1.807) is 0 Å². The Morgan fingerprint density at radius 3 is 2.89 bits per heavy atom. The van der Waals surface area contributed by atoms with Gasteiger partial charge in [0.25, 0.3) is 0 Å². The fourth-order valence-corrected chi connectivity index (χ4v) is 2.90. The van der Waals surface area contributed by atoms with E-state index in [4.69, 9.17) is 5.73 Å². The lowest BCUT2D eigenvalue weighted by molar-refractivity contribution is 0.604. The van der Waals surface area contributed by atoms with E-state index in [2.05, 4.69) is 36.2 Å². The van der Waals surface area contributed by atoms with Gasteiger partial charge in [0.05, 0.1) is 5.69 Å². The summed E-state index contributed by atoms with van der Waals surface area (Å²) in [6.07, 6.45) is 3.52. The van der Waals surface area contributed by atoms with Crippen molar-refractivity contribution in [3.8, 4) is 0 Å². The largest absolute Gasteiger partial charge is 0.399 e. The molecule has 3 nitrogen and oxygen atoms in total. The highest BCUT2D eigenvalue weighted by molar-refractivity contribution is 5.48. The lowest BCUT2D eigenvalue weighted by Crippen LogP contribution is -2.21. The van der Waals surface area contributed by atoms with Crippen molar-refractivity contribution in [2.45, 2.75) is 38.5 Å². The van der Waals surface area contributed by atoms with Crippen LogP contribution >= 0.6 is 0 Å². The van der Waals surface area contributed by atoms with Gasteiger partial charge in [0.1, 0.15) is 0 Å². The Hall–Kier alpha value is -1.77. The number of aryl methyl sites for hydroxylation is 1. The highest BCUT2D eigenvalue weighted by Crippen LogP contribution is 2.36. The molecule has 0 amide bonds. The van der Waals surface area contributed by atoms with E-state index in [0.717, 1.165) is 18.5 Å². The second kappa shape index (κ2) is 3.87. The predicted molar refractivity (Wildman–Crippen MR) is 73.6 cm³/mol. The number of nitrogens with one attached hydrogen (secondary N) is 1. The van der Waals surface area contributed by atoms with E-state index >= 15 is 0 Å². The molecule has 0 radical (unpaired) electrons. The average Bonchev–Trinajstić information content (AvgIpc) is 2.90. The van der Waals surface area contributed by atoms with E-state index in [1.165, 1.54) is 28.9 Å². The molecule has 3 N–H and O–H groups in total. The number of nitrogens with two attached hydrogens (primary N) is 1. The zero-order valence-electron chi connectivity index (χ0n) is 11.0. The maximum absolute atomic E-state index is 5.89. The summed E-state index contributed by atoms with van der Waals surface area (Å²) in [5.41, 5.74) is 11.8. The molecule has 18 heavy (non-hydrogen) atoms. The number of nitrogen functional groups attached to an aromatic ring is 1. The molecule has 1 aliphatic rings. The number of fused-ring (bicyclic) bond motifs is 1. The van der Waals surface area contributed by atoms with Crippen LogP contribution in [0.25, 0.3) is 0 Å². The van der Waals surface area contributed by atoms with Gasteiger partial charge in [-0.1, -0.05) is 26.0 Å². The quantitative estimate of drug-likeness (QED) is 0.794. The van der Waals surface area contributed by atoms with Crippen molar-refractivity contribution >= 4 is 5.69 Å². The van der Waals surface area contributed by atoms with Crippen molar-refractivity contribution in [2.24, 2.45) is 0 Å². The molecule has 0 spiro atoms. The summed E-state index contributed by atoms with van der Waals surface area (Å²) in [6, 6.07) is 8.12. The van der Waals surface area contributed by atoms with Crippen LogP contribution in [0.5, 0.6) is 0 Å². The molecule has 3 heteroatoms. The molecule has 0 saturated heterocycles. The average molecular weight is 241 g/mol. The SMILES string of the molecule is CC(C)(c1cccc(N)c1)c1n[nH]c2c1CCC2. The summed E-state index contributed by atoms with van der Waals surface area (Å²) in [4.78, 5) is 0. The molecule has 0 unspecified atom stereocenters. The monoisotopic (exact) mass is 241 g/mol. The van der Waals surface area contributed by atoms with Crippen molar-refractivity contribution in [1.29, 1.82) is 0 Å². The first-order chi connectivity index (χ1) is 8.59. The number of rotatable bonds is 2. The summed E-state index contributed by atoms with van der Waals surface area (Å²) in [5.74, 6) is 0. The van der Waals surface area contributed by atoms with Gasteiger partial charge in [-0.2, -0.15) is 5.10 Å². The van der Waals surface area contributed by atoms with Crippen LogP contribution in [-0.2, 0) is 18.3 Å². The number of hydrogen-bond acceptors (Lipinski definition) is 2. The van der Waals surface area contributed by atoms with Gasteiger partial charge < -0.3 is 5.73 Å². The van der Waals surface area contributed by atoms with Crippen LogP contribution < -0.4 is 5.73 Å². The van der Waals surface area contributed by atoms with Crippen molar-refractivity contribution in [3.63, 3.8) is 0 Å². The minimum Gasteiger partial charge on any atom is -0.399 e. The highest BCUT2D eigenvalue weighted by Gasteiger charge is 2.31. The van der Waals surface area contributed by atoms with Crippen LogP contribution in [0.4, 0.5) is 5.69 Å². The number of anilines is 1. The van der Waals surface area contributed by atoms with Gasteiger partial charge in [0, 0.05) is 16.8 Å². The summed E-state index contributed by atoms with van der Waals surface area (Å²) in [7, 11) is 0. The number of aromatic nitrogens is 2. The van der Waals surface area contributed by atoms with Gasteiger partial charge in [-0.15, -0.1) is 0 Å². The molecule has 1 aromatic heterocycles. The number of H-pyrrole nitrogens is 1. The Balaban J connectivity index is 2.09. The molecule has 0 atom stereocenters. The summed E-state index contributed by atoms with van der Waals surface area (Å²) < 4.78 is 0. The minimum absolute atomic E-state index is 0.0934. The predicted octanol–water partition coefficient (Wildman–Crippen LogP) is 2.81. The van der Waals surface area contributed by atoms with E-state index in [-0.39, 0.29) is 5.41 Å². The topological polar surface area (TPSA) is 54.7 Å². The van der Waals surface area contributed by atoms with Crippen molar-refractivity contribution in [2.75, 3.05) is 5.73 Å². The molecule has 0 fully saturated rings. The molecule has 0 saturated carbocycles. The van der Waals surface area contributed by atoms with Crippen molar-refractivity contribution in [3.05, 3.63) is 46.8 Å². The third kappa shape index (κ3) is 1.62. The number of aromatic amines is 1. The fraction of sp³-hybridized carbons (Fsp3) is 0.400. The number of nitrogens with zero attached hydrogens (tertiary/aromatic N) is 1. The molecule has 1 aromatic carbocycles. The van der Waals surface area contributed by atoms with E-state index in [9.17, 15) is 0 Å². The number of benzene rings is 1. The molecule has 3 rings (SSSR count). The van der Waals surface area contributed by atoms with Crippen LogP contribution in [0.15, 0.2) is 24.3 Å². The van der Waals surface area contributed by atoms with Crippen LogP contribution in [-0.4, -0.2) is 10.2 Å². The normalized spacial score (nSPS) is 14.8. The van der Waals surface area contributed by atoms with Gasteiger partial charge in [0.15, 0.2) is 0 Å². The molecule has 94 valence electrons. The third-order valence-electron chi connectivity index (χ3n) is 4.01. The first kappa shape index (κ1) is 11.3. The molecule has 2 aromatic rings. The maximum atomic E-state index is 5.89. The van der Waals surface area contributed by atoms with E-state index < -0.39 is 0 Å². The molecular formula is C15H19N3. The molecule has 1 heterocycles. The second-order valence-electron chi connectivity index (χ2n) is 5.63. The smallest absolute Gasteiger partial charge is 0.0756 e. The summed E-state index contributed by atoms with van der Waals surface area (Å²) in [6.45, 7) is 4.44. The maximum Gasteiger partial charge on any atom is 0.0756 e. The van der Waals surface area contributed by atoms with Gasteiger partial charge in [0.2, 0.25) is 0 Å². The highest BCUT2D eigenvalue weighted by atomic mass is 15.1. The Kier molecular flexibility index (Phi) is 2.44. The van der Waals surface area contributed by atoms with Crippen molar-refractivity contribution < 1.29 is 0 Å². The van der Waals surface area contributed by atoms with Gasteiger partial charge in [-0.05, 0) is 42.5 Å². The van der Waals surface area contributed by atoms with Crippen LogP contribution in [0.1, 0.15) is 42.8 Å². The molecule has 1 aliphatic carbocycles. The van der Waals surface area contributed by atoms with E-state index in [0.29, 0.717) is 0 Å². The van der Waals surface area contributed by atoms with Crippen molar-refractivity contribution in [1.82, 2.24) is 10.2 Å². The summed E-state index contributed by atoms with van der Waals surface area (Å²) in [5, 5.41) is 7.75. The lowest BCUT2D eigenvalue weighted by atomic mass is 9.79. The van der Waals surface area contributed by atoms with Gasteiger partial charge in [-0.25, -0.2) is 0 Å². The molecular weight excluding hydrogens is 222 g/mol. The fourth-order valence-electron chi connectivity index (χ4n) is 2.90. The number of hydrogen-bond donors (Lipinski definition) is 2. The third-order valence-corrected chi connectivity index (χ3v) is 4.01. The summed E-state index contributed by atoms with van der Waals surface area (Å²) >= 11 is 0. The molecule has 0 aliphatic heterocycles. The van der Waals surface area contributed by atoms with Crippen LogP contribution in [0.3, 0.4) is 0 Å². The first-order valence-electron chi connectivity index (χ1n) is 6.51.